The number of aliphatic carboxylic acids is 1. The van der Waals surface area contributed by atoms with Gasteiger partial charge in [0.05, 0.1) is 0 Å². The Kier molecular flexibility index (Phi) is 4.70. The van der Waals surface area contributed by atoms with Gasteiger partial charge in [-0.3, -0.25) is 9.63 Å². The molecular weight excluding hydrogens is 230 g/mol. The smallest absolute Gasteiger partial charge is 0.339 e. The molecule has 3 amide bonds. The molecule has 0 radical (unpaired) electrons. The van der Waals surface area contributed by atoms with Crippen molar-refractivity contribution in [1.29, 1.82) is 0 Å². The van der Waals surface area contributed by atoms with Crippen LogP contribution in [0.15, 0.2) is 0 Å². The van der Waals surface area contributed by atoms with Crippen LogP contribution in [0.25, 0.3) is 0 Å². The van der Waals surface area contributed by atoms with Crippen LogP contribution in [0.2, 0.25) is 0 Å². The van der Waals surface area contributed by atoms with E-state index in [1.807, 2.05) is 5.48 Å². The summed E-state index contributed by atoms with van der Waals surface area (Å²) in [6.45, 7) is -0.165. The van der Waals surface area contributed by atoms with Gasteiger partial charge in [0, 0.05) is 26.1 Å². The van der Waals surface area contributed by atoms with E-state index in [2.05, 4.69) is 10.2 Å². The normalized spacial score (nSPS) is 19.9. The topological polar surface area (TPSA) is 108 Å². The van der Waals surface area contributed by atoms with E-state index >= 15 is 0 Å². The van der Waals surface area contributed by atoms with E-state index in [0.29, 0.717) is 19.4 Å². The van der Waals surface area contributed by atoms with Gasteiger partial charge in [-0.05, 0) is 6.42 Å². The number of carbonyl (C=O) groups is 3. The van der Waals surface area contributed by atoms with Crippen LogP contribution >= 0.6 is 0 Å². The van der Waals surface area contributed by atoms with Crippen LogP contribution < -0.4 is 10.8 Å². The monoisotopic (exact) mass is 245 g/mol. The summed E-state index contributed by atoms with van der Waals surface area (Å²) in [6.07, 6.45) is 0.951. The van der Waals surface area contributed by atoms with E-state index in [1.165, 1.54) is 4.90 Å². The molecule has 1 atom stereocenters. The van der Waals surface area contributed by atoms with Gasteiger partial charge in [-0.15, -0.1) is 0 Å². The van der Waals surface area contributed by atoms with Gasteiger partial charge in [-0.2, -0.15) is 0 Å². The average molecular weight is 245 g/mol. The molecule has 0 aromatic rings. The number of carboxylic acids is 1. The lowest BCUT2D eigenvalue weighted by Gasteiger charge is -2.29. The van der Waals surface area contributed by atoms with Crippen molar-refractivity contribution in [2.45, 2.75) is 18.9 Å². The summed E-state index contributed by atoms with van der Waals surface area (Å²) in [5.41, 5.74) is 1.95. The highest BCUT2D eigenvalue weighted by Gasteiger charge is 2.23. The third-order valence-electron chi connectivity index (χ3n) is 2.32. The standard InChI is InChI=1S/C9H15N3O5/c1-12-4-6(2-3-7(12)13)10-9(16)11-17-5-8(14)15/h6H,2-5H2,1H3,(H,14,15)(H2,10,11,16). The maximum atomic E-state index is 11.2. The number of likely N-dealkylation sites (N-methyl/N-ethyl adjacent to an activating group) is 1. The Hall–Kier alpha value is -1.83. The molecule has 1 heterocycles. The van der Waals surface area contributed by atoms with Gasteiger partial charge in [-0.1, -0.05) is 0 Å². The number of nitrogens with one attached hydrogen (secondary N) is 2. The Balaban J connectivity index is 2.22. The summed E-state index contributed by atoms with van der Waals surface area (Å²) in [6, 6.07) is -0.759. The number of likely N-dealkylation sites (tertiary alicyclic amines) is 1. The van der Waals surface area contributed by atoms with Crippen molar-refractivity contribution in [3.05, 3.63) is 0 Å². The first-order valence-electron chi connectivity index (χ1n) is 5.13. The molecule has 0 bridgehead atoms. The highest BCUT2D eigenvalue weighted by Crippen LogP contribution is 2.09. The second-order valence-electron chi connectivity index (χ2n) is 3.77. The lowest BCUT2D eigenvalue weighted by Crippen LogP contribution is -2.51. The van der Waals surface area contributed by atoms with Crippen LogP contribution in [0.3, 0.4) is 0 Å². The van der Waals surface area contributed by atoms with Crippen LogP contribution in [0.5, 0.6) is 0 Å². The van der Waals surface area contributed by atoms with Crippen molar-refractivity contribution in [3.63, 3.8) is 0 Å². The maximum absolute atomic E-state index is 11.2. The highest BCUT2D eigenvalue weighted by atomic mass is 16.7. The number of hydrogen-bond donors (Lipinski definition) is 3. The molecule has 1 rings (SSSR count). The molecule has 0 spiro atoms. The van der Waals surface area contributed by atoms with E-state index in [1.54, 1.807) is 7.05 Å². The second kappa shape index (κ2) is 6.04. The predicted octanol–water partition coefficient (Wildman–Crippen LogP) is -1.08. The highest BCUT2D eigenvalue weighted by molar-refractivity contribution is 5.78. The van der Waals surface area contributed by atoms with Gasteiger partial charge in [0.15, 0.2) is 6.61 Å². The van der Waals surface area contributed by atoms with Gasteiger partial charge >= 0.3 is 12.0 Å². The second-order valence-corrected chi connectivity index (χ2v) is 3.77. The average Bonchev–Trinajstić information content (AvgIpc) is 2.23. The Morgan fingerprint density at radius 3 is 2.88 bits per heavy atom. The molecular formula is C9H15N3O5. The minimum atomic E-state index is -1.17. The molecule has 1 saturated heterocycles. The molecule has 1 fully saturated rings. The Morgan fingerprint density at radius 1 is 1.59 bits per heavy atom. The minimum Gasteiger partial charge on any atom is -0.479 e. The molecule has 0 aliphatic carbocycles. The summed E-state index contributed by atoms with van der Waals surface area (Å²) >= 11 is 0. The van der Waals surface area contributed by atoms with E-state index in [-0.39, 0.29) is 11.9 Å². The van der Waals surface area contributed by atoms with Crippen molar-refractivity contribution in [2.75, 3.05) is 20.2 Å². The summed E-state index contributed by atoms with van der Waals surface area (Å²) < 4.78 is 0. The number of urea groups is 1. The fourth-order valence-electron chi connectivity index (χ4n) is 1.51. The van der Waals surface area contributed by atoms with E-state index in [4.69, 9.17) is 5.11 Å². The SMILES string of the molecule is CN1CC(NC(=O)NOCC(=O)O)CCC1=O. The van der Waals surface area contributed by atoms with Gasteiger partial charge in [0.2, 0.25) is 5.91 Å². The molecule has 96 valence electrons. The largest absolute Gasteiger partial charge is 0.479 e. The fourth-order valence-corrected chi connectivity index (χ4v) is 1.51. The van der Waals surface area contributed by atoms with Crippen molar-refractivity contribution in [3.8, 4) is 0 Å². The number of rotatable bonds is 4. The van der Waals surface area contributed by atoms with Gasteiger partial charge in [-0.25, -0.2) is 15.1 Å². The van der Waals surface area contributed by atoms with Crippen molar-refractivity contribution in [2.24, 2.45) is 0 Å². The fraction of sp³-hybridized carbons (Fsp3) is 0.667. The lowest BCUT2D eigenvalue weighted by molar-refractivity contribution is -0.144. The summed E-state index contributed by atoms with van der Waals surface area (Å²) in [7, 11) is 1.66. The van der Waals surface area contributed by atoms with Crippen LogP contribution in [-0.2, 0) is 14.4 Å². The van der Waals surface area contributed by atoms with Crippen LogP contribution in [0, 0.1) is 0 Å². The van der Waals surface area contributed by atoms with Crippen LogP contribution in [-0.4, -0.2) is 54.2 Å². The van der Waals surface area contributed by atoms with E-state index in [0.717, 1.165) is 0 Å². The van der Waals surface area contributed by atoms with Crippen molar-refractivity contribution < 1.29 is 24.3 Å². The molecule has 1 aliphatic rings. The zero-order chi connectivity index (χ0) is 12.8. The number of piperidine rings is 1. The Bertz CT molecular complexity index is 320. The van der Waals surface area contributed by atoms with Crippen LogP contribution in [0.4, 0.5) is 4.79 Å². The van der Waals surface area contributed by atoms with Gasteiger partial charge < -0.3 is 15.3 Å². The third-order valence-corrected chi connectivity index (χ3v) is 2.32. The summed E-state index contributed by atoms with van der Waals surface area (Å²) in [5.74, 6) is -1.13. The number of amides is 3. The summed E-state index contributed by atoms with van der Waals surface area (Å²) in [5, 5.41) is 10.9. The number of carboxylic acid groups (broad SMARTS) is 1. The zero-order valence-electron chi connectivity index (χ0n) is 9.43. The molecule has 0 saturated carbocycles. The molecule has 8 heteroatoms. The molecule has 3 N–H and O–H groups in total. The lowest BCUT2D eigenvalue weighted by atomic mass is 10.1. The Morgan fingerprint density at radius 2 is 2.29 bits per heavy atom. The molecule has 8 nitrogen and oxygen atoms in total. The number of carbonyl (C=O) groups excluding carboxylic acids is 2. The maximum Gasteiger partial charge on any atom is 0.339 e. The summed E-state index contributed by atoms with van der Waals surface area (Å²) in [4.78, 5) is 38.5. The molecule has 0 aromatic carbocycles. The quantitative estimate of drug-likeness (QED) is 0.546. The number of hydrogen-bond acceptors (Lipinski definition) is 4. The van der Waals surface area contributed by atoms with E-state index in [9.17, 15) is 14.4 Å². The van der Waals surface area contributed by atoms with Crippen molar-refractivity contribution in [1.82, 2.24) is 15.7 Å². The van der Waals surface area contributed by atoms with E-state index < -0.39 is 18.6 Å². The predicted molar refractivity (Wildman–Crippen MR) is 55.9 cm³/mol. The number of nitrogens with zero attached hydrogens (tertiary/aromatic N) is 1. The first kappa shape index (κ1) is 13.2. The molecule has 0 aromatic heterocycles. The molecule has 1 aliphatic heterocycles. The molecule has 17 heavy (non-hydrogen) atoms. The van der Waals surface area contributed by atoms with Gasteiger partial charge in [0.25, 0.3) is 0 Å². The van der Waals surface area contributed by atoms with Crippen molar-refractivity contribution >= 4 is 17.9 Å². The number of hydroxylamine groups is 1. The molecule has 1 unspecified atom stereocenters. The third kappa shape index (κ3) is 4.68. The Labute approximate surface area is 97.9 Å². The first-order chi connectivity index (χ1) is 7.99. The zero-order valence-corrected chi connectivity index (χ0v) is 9.43. The van der Waals surface area contributed by atoms with Gasteiger partial charge in [0.1, 0.15) is 0 Å². The minimum absolute atomic E-state index is 0.0468. The van der Waals surface area contributed by atoms with Crippen LogP contribution in [0.1, 0.15) is 12.8 Å². The first-order valence-corrected chi connectivity index (χ1v) is 5.13.